The van der Waals surface area contributed by atoms with E-state index in [-0.39, 0.29) is 12.1 Å². The molecule has 114 valence electrons. The summed E-state index contributed by atoms with van der Waals surface area (Å²) in [6, 6.07) is 13.1. The second-order valence-corrected chi connectivity index (χ2v) is 4.94. The lowest BCUT2D eigenvalue weighted by Gasteiger charge is -2.28. The molecule has 1 amide bonds. The molecule has 0 saturated heterocycles. The molecule has 2 N–H and O–H groups in total. The van der Waals surface area contributed by atoms with E-state index < -0.39 is 0 Å². The quantitative estimate of drug-likeness (QED) is 0.911. The summed E-state index contributed by atoms with van der Waals surface area (Å²) in [5.74, 6) is 1.25. The fourth-order valence-corrected chi connectivity index (χ4v) is 2.52. The smallest absolute Gasteiger partial charge is 0.255 e. The Kier molecular flexibility index (Phi) is 3.87. The number of hydrogen-bond donors (Lipinski definition) is 2. The van der Waals surface area contributed by atoms with Crippen molar-refractivity contribution < 1.29 is 14.3 Å². The Morgan fingerprint density at radius 3 is 2.68 bits per heavy atom. The van der Waals surface area contributed by atoms with E-state index >= 15 is 0 Å². The van der Waals surface area contributed by atoms with Crippen LogP contribution >= 0.6 is 0 Å². The molecule has 0 aromatic heterocycles. The molecule has 1 aliphatic rings. The lowest BCUT2D eigenvalue weighted by molar-refractivity contribution is 0.0935. The Hall–Kier alpha value is -2.69. The van der Waals surface area contributed by atoms with Gasteiger partial charge in [0.15, 0.2) is 11.5 Å². The Balaban J connectivity index is 1.92. The first-order chi connectivity index (χ1) is 10.7. The zero-order valence-corrected chi connectivity index (χ0v) is 12.6. The second kappa shape index (κ2) is 5.97. The lowest BCUT2D eigenvalue weighted by Crippen LogP contribution is -2.38. The molecule has 2 aromatic rings. The van der Waals surface area contributed by atoms with Crippen molar-refractivity contribution in [3.63, 3.8) is 0 Å². The summed E-state index contributed by atoms with van der Waals surface area (Å²) in [5.41, 5.74) is 2.38. The number of benzene rings is 2. The minimum atomic E-state index is -0.299. The van der Waals surface area contributed by atoms with E-state index in [0.717, 1.165) is 11.3 Å². The van der Waals surface area contributed by atoms with E-state index in [2.05, 4.69) is 10.6 Å². The highest BCUT2D eigenvalue weighted by Gasteiger charge is 2.24. The first kappa shape index (κ1) is 14.3. The minimum Gasteiger partial charge on any atom is -0.493 e. The first-order valence-corrected chi connectivity index (χ1v) is 7.20. The summed E-state index contributed by atoms with van der Waals surface area (Å²) in [7, 11) is 1.61. The van der Waals surface area contributed by atoms with E-state index in [1.54, 1.807) is 13.2 Å². The van der Waals surface area contributed by atoms with Crippen molar-refractivity contribution in [3.8, 4) is 11.5 Å². The van der Waals surface area contributed by atoms with Crippen molar-refractivity contribution in [1.29, 1.82) is 0 Å². The molecule has 0 saturated carbocycles. The van der Waals surface area contributed by atoms with Crippen LogP contribution in [0.2, 0.25) is 0 Å². The van der Waals surface area contributed by atoms with Gasteiger partial charge in [0.2, 0.25) is 0 Å². The van der Waals surface area contributed by atoms with Crippen LogP contribution in [0.4, 0.5) is 5.69 Å². The summed E-state index contributed by atoms with van der Waals surface area (Å²) in [4.78, 5) is 12.2. The molecular formula is C17H18N2O3. The van der Waals surface area contributed by atoms with Gasteiger partial charge in [0, 0.05) is 5.69 Å². The second-order valence-electron chi connectivity index (χ2n) is 4.94. The van der Waals surface area contributed by atoms with E-state index in [1.165, 1.54) is 0 Å². The van der Waals surface area contributed by atoms with Crippen LogP contribution in [-0.2, 0) is 0 Å². The van der Waals surface area contributed by atoms with Gasteiger partial charge in [0.25, 0.3) is 5.91 Å². The van der Waals surface area contributed by atoms with Crippen LogP contribution in [0.3, 0.4) is 0 Å². The largest absolute Gasteiger partial charge is 0.493 e. The molecule has 0 fully saturated rings. The van der Waals surface area contributed by atoms with E-state index in [4.69, 9.17) is 9.47 Å². The number of carbonyl (C=O) groups is 1. The van der Waals surface area contributed by atoms with Gasteiger partial charge in [-0.15, -0.1) is 0 Å². The van der Waals surface area contributed by atoms with Crippen molar-refractivity contribution in [2.45, 2.75) is 13.1 Å². The number of methoxy groups -OCH3 is 1. The van der Waals surface area contributed by atoms with Crippen LogP contribution in [-0.4, -0.2) is 19.6 Å². The number of hydrogen-bond acceptors (Lipinski definition) is 4. The molecule has 5 nitrogen and oxygen atoms in total. The van der Waals surface area contributed by atoms with Crippen molar-refractivity contribution in [2.24, 2.45) is 0 Å². The fourth-order valence-electron chi connectivity index (χ4n) is 2.52. The minimum absolute atomic E-state index is 0.0897. The molecular weight excluding hydrogens is 280 g/mol. The summed E-state index contributed by atoms with van der Waals surface area (Å²) in [5, 5.41) is 6.27. The summed E-state index contributed by atoms with van der Waals surface area (Å²) in [6.07, 6.45) is -0.299. The van der Waals surface area contributed by atoms with Gasteiger partial charge in [-0.1, -0.05) is 18.2 Å². The number of para-hydroxylation sites is 1. The number of fused-ring (bicyclic) bond motifs is 1. The molecule has 0 aliphatic carbocycles. The highest BCUT2D eigenvalue weighted by atomic mass is 16.5. The van der Waals surface area contributed by atoms with Crippen LogP contribution in [0.15, 0.2) is 42.5 Å². The Bertz CT molecular complexity index is 700. The SMILES string of the molecule is CCOc1cc([C@H]2NC(=O)c3ccccc3N2)ccc1OC. The summed E-state index contributed by atoms with van der Waals surface area (Å²) >= 11 is 0. The average Bonchev–Trinajstić information content (AvgIpc) is 2.55. The molecule has 22 heavy (non-hydrogen) atoms. The molecule has 3 rings (SSSR count). The van der Waals surface area contributed by atoms with Crippen LogP contribution in [0.5, 0.6) is 11.5 Å². The third kappa shape index (κ3) is 2.57. The first-order valence-electron chi connectivity index (χ1n) is 7.20. The lowest BCUT2D eigenvalue weighted by atomic mass is 10.1. The molecule has 0 spiro atoms. The monoisotopic (exact) mass is 298 g/mol. The Morgan fingerprint density at radius 1 is 1.09 bits per heavy atom. The maximum atomic E-state index is 12.2. The van der Waals surface area contributed by atoms with Crippen LogP contribution < -0.4 is 20.1 Å². The standard InChI is InChI=1S/C17H18N2O3/c1-3-22-15-10-11(8-9-14(15)21-2)16-18-13-7-5-4-6-12(13)17(20)19-16/h4-10,16,18H,3H2,1-2H3,(H,19,20)/t16-/m1/s1. The number of amides is 1. The van der Waals surface area contributed by atoms with Gasteiger partial charge in [-0.2, -0.15) is 0 Å². The maximum Gasteiger partial charge on any atom is 0.255 e. The average molecular weight is 298 g/mol. The van der Waals surface area contributed by atoms with E-state index in [1.807, 2.05) is 43.3 Å². The van der Waals surface area contributed by atoms with Gasteiger partial charge in [0.1, 0.15) is 6.17 Å². The molecule has 0 unspecified atom stereocenters. The van der Waals surface area contributed by atoms with Crippen molar-refractivity contribution in [1.82, 2.24) is 5.32 Å². The molecule has 1 heterocycles. The van der Waals surface area contributed by atoms with Gasteiger partial charge in [-0.25, -0.2) is 0 Å². The van der Waals surface area contributed by atoms with Gasteiger partial charge >= 0.3 is 0 Å². The van der Waals surface area contributed by atoms with Gasteiger partial charge in [-0.3, -0.25) is 4.79 Å². The van der Waals surface area contributed by atoms with Crippen molar-refractivity contribution >= 4 is 11.6 Å². The third-order valence-corrected chi connectivity index (χ3v) is 3.57. The molecule has 0 bridgehead atoms. The molecule has 5 heteroatoms. The highest BCUT2D eigenvalue weighted by molar-refractivity contribution is 6.01. The van der Waals surface area contributed by atoms with Gasteiger partial charge in [-0.05, 0) is 36.8 Å². The van der Waals surface area contributed by atoms with Gasteiger partial charge in [0.05, 0.1) is 19.3 Å². The third-order valence-electron chi connectivity index (χ3n) is 3.57. The number of carbonyl (C=O) groups excluding carboxylic acids is 1. The van der Waals surface area contributed by atoms with E-state index in [0.29, 0.717) is 23.7 Å². The number of nitrogens with one attached hydrogen (secondary N) is 2. The molecule has 0 radical (unpaired) electrons. The van der Waals surface area contributed by atoms with Crippen molar-refractivity contribution in [2.75, 3.05) is 19.0 Å². The predicted molar refractivity (Wildman–Crippen MR) is 84.4 cm³/mol. The van der Waals surface area contributed by atoms with E-state index in [9.17, 15) is 4.79 Å². The number of rotatable bonds is 4. The molecule has 1 atom stereocenters. The summed E-state index contributed by atoms with van der Waals surface area (Å²) < 4.78 is 10.9. The zero-order valence-electron chi connectivity index (χ0n) is 12.6. The molecule has 2 aromatic carbocycles. The molecule has 1 aliphatic heterocycles. The maximum absolute atomic E-state index is 12.2. The van der Waals surface area contributed by atoms with Gasteiger partial charge < -0.3 is 20.1 Å². The van der Waals surface area contributed by atoms with Crippen LogP contribution in [0.1, 0.15) is 29.0 Å². The zero-order chi connectivity index (χ0) is 15.5. The Labute approximate surface area is 129 Å². The fraction of sp³-hybridized carbons (Fsp3) is 0.235. The number of ether oxygens (including phenoxy) is 2. The predicted octanol–water partition coefficient (Wildman–Crippen LogP) is 2.95. The summed E-state index contributed by atoms with van der Waals surface area (Å²) in [6.45, 7) is 2.47. The van der Waals surface area contributed by atoms with Crippen molar-refractivity contribution in [3.05, 3.63) is 53.6 Å². The van der Waals surface area contributed by atoms with Crippen LogP contribution in [0.25, 0.3) is 0 Å². The number of anilines is 1. The normalized spacial score (nSPS) is 16.3. The topological polar surface area (TPSA) is 59.6 Å². The highest BCUT2D eigenvalue weighted by Crippen LogP contribution is 2.32. The Morgan fingerprint density at radius 2 is 1.91 bits per heavy atom. The van der Waals surface area contributed by atoms with Crippen LogP contribution in [0, 0.1) is 0 Å².